The average Bonchev–Trinajstić information content (AvgIpc) is 2.05. The molecule has 3 nitrogen and oxygen atoms in total. The second kappa shape index (κ2) is 3.10. The van der Waals surface area contributed by atoms with Gasteiger partial charge in [-0.3, -0.25) is 4.79 Å². The monoisotopic (exact) mass is 191 g/mol. The smallest absolute Gasteiger partial charge is 0.232 e. The van der Waals surface area contributed by atoms with Gasteiger partial charge in [-0.2, -0.15) is 0 Å². The Labute approximate surface area is 82.9 Å². The van der Waals surface area contributed by atoms with Gasteiger partial charge in [-0.15, -0.1) is 0 Å². The Bertz CT molecular complexity index is 369. The minimum atomic E-state index is -0.578. The highest BCUT2D eigenvalue weighted by Gasteiger charge is 2.46. The number of rotatable bonds is 2. The molecule has 3 heteroatoms. The summed E-state index contributed by atoms with van der Waals surface area (Å²) in [6.45, 7) is 2.80. The summed E-state index contributed by atoms with van der Waals surface area (Å²) >= 11 is 0. The quantitative estimate of drug-likeness (QED) is 0.750. The van der Waals surface area contributed by atoms with Crippen LogP contribution in [0.5, 0.6) is 0 Å². The summed E-state index contributed by atoms with van der Waals surface area (Å²) in [6.07, 6.45) is 0. The highest BCUT2D eigenvalue weighted by atomic mass is 16.5. The highest BCUT2D eigenvalue weighted by Crippen LogP contribution is 2.33. The summed E-state index contributed by atoms with van der Waals surface area (Å²) in [5.41, 5.74) is 6.93. The van der Waals surface area contributed by atoms with E-state index >= 15 is 0 Å². The Kier molecular flexibility index (Phi) is 2.04. The van der Waals surface area contributed by atoms with Gasteiger partial charge in [0.2, 0.25) is 5.91 Å². The summed E-state index contributed by atoms with van der Waals surface area (Å²) in [7, 11) is 0. The van der Waals surface area contributed by atoms with E-state index in [0.29, 0.717) is 13.2 Å². The second-order valence-corrected chi connectivity index (χ2v) is 3.75. The number of hydrogen-bond acceptors (Lipinski definition) is 2. The van der Waals surface area contributed by atoms with Crippen molar-refractivity contribution < 1.29 is 9.53 Å². The van der Waals surface area contributed by atoms with E-state index in [2.05, 4.69) is 0 Å². The van der Waals surface area contributed by atoms with Crippen LogP contribution >= 0.6 is 0 Å². The van der Waals surface area contributed by atoms with Crippen molar-refractivity contribution in [3.05, 3.63) is 35.4 Å². The minimum absolute atomic E-state index is 0.293. The van der Waals surface area contributed by atoms with Crippen LogP contribution in [0.1, 0.15) is 11.1 Å². The molecule has 0 unspecified atom stereocenters. The van der Waals surface area contributed by atoms with Gasteiger partial charge in [0.1, 0.15) is 5.41 Å². The van der Waals surface area contributed by atoms with E-state index in [1.54, 1.807) is 0 Å². The molecular weight excluding hydrogens is 178 g/mol. The predicted octanol–water partition coefficient (Wildman–Crippen LogP) is 0.748. The normalized spacial score (nSPS) is 18.6. The first-order chi connectivity index (χ1) is 6.67. The van der Waals surface area contributed by atoms with E-state index < -0.39 is 5.41 Å². The number of ether oxygens (including phenoxy) is 1. The Morgan fingerprint density at radius 2 is 2.07 bits per heavy atom. The third-order valence-electron chi connectivity index (χ3n) is 2.83. The molecule has 0 atom stereocenters. The van der Waals surface area contributed by atoms with Crippen molar-refractivity contribution >= 4 is 5.91 Å². The lowest BCUT2D eigenvalue weighted by Crippen LogP contribution is -2.56. The number of nitrogens with two attached hydrogens (primary N) is 1. The molecule has 1 amide bonds. The molecule has 0 bridgehead atoms. The van der Waals surface area contributed by atoms with Gasteiger partial charge in [0.05, 0.1) is 13.2 Å². The molecule has 0 radical (unpaired) electrons. The first-order valence-corrected chi connectivity index (χ1v) is 4.60. The van der Waals surface area contributed by atoms with Crippen LogP contribution in [0.3, 0.4) is 0 Å². The van der Waals surface area contributed by atoms with Gasteiger partial charge in [0, 0.05) is 0 Å². The Morgan fingerprint density at radius 1 is 1.43 bits per heavy atom. The largest absolute Gasteiger partial charge is 0.378 e. The van der Waals surface area contributed by atoms with E-state index in [4.69, 9.17) is 10.5 Å². The fraction of sp³-hybridized carbons (Fsp3) is 0.364. The van der Waals surface area contributed by atoms with Crippen molar-refractivity contribution in [1.29, 1.82) is 0 Å². The van der Waals surface area contributed by atoms with Crippen molar-refractivity contribution in [1.82, 2.24) is 0 Å². The number of aryl methyl sites for hydroxylation is 1. The van der Waals surface area contributed by atoms with E-state index in [1.165, 1.54) is 0 Å². The van der Waals surface area contributed by atoms with E-state index in [1.807, 2.05) is 31.2 Å². The third kappa shape index (κ3) is 1.13. The molecule has 14 heavy (non-hydrogen) atoms. The molecule has 1 fully saturated rings. The van der Waals surface area contributed by atoms with E-state index in [9.17, 15) is 4.79 Å². The van der Waals surface area contributed by atoms with Gasteiger partial charge in [-0.05, 0) is 18.1 Å². The van der Waals surface area contributed by atoms with Crippen LogP contribution in [0.25, 0.3) is 0 Å². The molecule has 1 aromatic carbocycles. The molecule has 74 valence electrons. The first-order valence-electron chi connectivity index (χ1n) is 4.60. The molecule has 1 aromatic rings. The molecule has 1 aliphatic heterocycles. The van der Waals surface area contributed by atoms with Gasteiger partial charge in [-0.25, -0.2) is 0 Å². The lowest BCUT2D eigenvalue weighted by atomic mass is 9.76. The summed E-state index contributed by atoms with van der Waals surface area (Å²) in [4.78, 5) is 11.4. The van der Waals surface area contributed by atoms with Crippen LogP contribution in [0.2, 0.25) is 0 Å². The van der Waals surface area contributed by atoms with Crippen LogP contribution in [-0.4, -0.2) is 19.1 Å². The standard InChI is InChI=1S/C11H13NO2/c1-8-4-2-3-5-9(8)11(10(12)13)6-14-7-11/h2-5H,6-7H2,1H3,(H2,12,13). The molecule has 0 saturated carbocycles. The van der Waals surface area contributed by atoms with Crippen LogP contribution in [0, 0.1) is 6.92 Å². The summed E-state index contributed by atoms with van der Waals surface area (Å²) in [5, 5.41) is 0. The number of hydrogen-bond donors (Lipinski definition) is 1. The van der Waals surface area contributed by atoms with Crippen LogP contribution in [0.15, 0.2) is 24.3 Å². The summed E-state index contributed by atoms with van der Waals surface area (Å²) in [6, 6.07) is 7.80. The fourth-order valence-electron chi connectivity index (χ4n) is 1.85. The SMILES string of the molecule is Cc1ccccc1C1(C(N)=O)COC1. The number of benzene rings is 1. The zero-order valence-electron chi connectivity index (χ0n) is 8.12. The molecule has 0 aliphatic carbocycles. The van der Waals surface area contributed by atoms with Crippen molar-refractivity contribution in [2.24, 2.45) is 5.73 Å². The van der Waals surface area contributed by atoms with Crippen molar-refractivity contribution in [2.75, 3.05) is 13.2 Å². The minimum Gasteiger partial charge on any atom is -0.378 e. The summed E-state index contributed by atoms with van der Waals surface area (Å²) < 4.78 is 5.11. The first kappa shape index (κ1) is 9.21. The van der Waals surface area contributed by atoms with Gasteiger partial charge in [0.15, 0.2) is 0 Å². The van der Waals surface area contributed by atoms with Crippen LogP contribution in [-0.2, 0) is 14.9 Å². The maximum absolute atomic E-state index is 11.4. The molecular formula is C11H13NO2. The maximum atomic E-state index is 11.4. The van der Waals surface area contributed by atoms with Crippen molar-refractivity contribution in [3.63, 3.8) is 0 Å². The molecule has 1 aliphatic rings. The second-order valence-electron chi connectivity index (χ2n) is 3.75. The van der Waals surface area contributed by atoms with E-state index in [0.717, 1.165) is 11.1 Å². The number of amides is 1. The van der Waals surface area contributed by atoms with Gasteiger partial charge < -0.3 is 10.5 Å². The average molecular weight is 191 g/mol. The van der Waals surface area contributed by atoms with E-state index in [-0.39, 0.29) is 5.91 Å². The molecule has 0 spiro atoms. The Morgan fingerprint density at radius 3 is 2.50 bits per heavy atom. The molecule has 0 aromatic heterocycles. The van der Waals surface area contributed by atoms with Crippen molar-refractivity contribution in [2.45, 2.75) is 12.3 Å². The van der Waals surface area contributed by atoms with Crippen LogP contribution in [0.4, 0.5) is 0 Å². The van der Waals surface area contributed by atoms with Gasteiger partial charge in [-0.1, -0.05) is 24.3 Å². The zero-order valence-corrected chi connectivity index (χ0v) is 8.12. The number of carbonyl (C=O) groups is 1. The molecule has 1 heterocycles. The maximum Gasteiger partial charge on any atom is 0.232 e. The lowest BCUT2D eigenvalue weighted by Gasteiger charge is -2.39. The van der Waals surface area contributed by atoms with Crippen molar-refractivity contribution in [3.8, 4) is 0 Å². The van der Waals surface area contributed by atoms with Gasteiger partial charge in [0.25, 0.3) is 0 Å². The van der Waals surface area contributed by atoms with Gasteiger partial charge >= 0.3 is 0 Å². The fourth-order valence-corrected chi connectivity index (χ4v) is 1.85. The molecule has 1 saturated heterocycles. The highest BCUT2D eigenvalue weighted by molar-refractivity contribution is 5.88. The molecule has 2 rings (SSSR count). The van der Waals surface area contributed by atoms with Crippen LogP contribution < -0.4 is 5.73 Å². The summed E-state index contributed by atoms with van der Waals surface area (Å²) in [5.74, 6) is -0.293. The predicted molar refractivity (Wildman–Crippen MR) is 52.9 cm³/mol. The number of carbonyl (C=O) groups excluding carboxylic acids is 1. The molecule has 2 N–H and O–H groups in total. The lowest BCUT2D eigenvalue weighted by molar-refractivity contribution is -0.141. The third-order valence-corrected chi connectivity index (χ3v) is 2.83. The Hall–Kier alpha value is -1.35. The zero-order chi connectivity index (χ0) is 10.2. The topological polar surface area (TPSA) is 52.3 Å². The number of primary amides is 1. The Balaban J connectivity index is 2.47.